The van der Waals surface area contributed by atoms with Crippen molar-refractivity contribution in [3.05, 3.63) is 51.7 Å². The SMILES string of the molecule is CCOC(C)(C(F)(F)F)C1(CCc2ccc(F)s2)CCN(C(C)(CC)c2ccc(C)nc2)C1. The van der Waals surface area contributed by atoms with Gasteiger partial charge in [-0.2, -0.15) is 17.6 Å². The highest BCUT2D eigenvalue weighted by molar-refractivity contribution is 7.10. The molecule has 3 rings (SSSR count). The van der Waals surface area contributed by atoms with Crippen molar-refractivity contribution in [1.82, 2.24) is 9.88 Å². The molecule has 0 saturated carbocycles. The number of pyridine rings is 1. The zero-order chi connectivity index (χ0) is 24.5. The maximum Gasteiger partial charge on any atom is 0.417 e. The van der Waals surface area contributed by atoms with E-state index in [1.165, 1.54) is 13.0 Å². The molecule has 0 amide bonds. The Morgan fingerprint density at radius 3 is 2.39 bits per heavy atom. The fraction of sp³-hybridized carbons (Fsp3) is 0.640. The lowest BCUT2D eigenvalue weighted by atomic mass is 9.68. The monoisotopic (exact) mass is 486 g/mol. The van der Waals surface area contributed by atoms with Gasteiger partial charge in [0.2, 0.25) is 0 Å². The Labute approximate surface area is 198 Å². The van der Waals surface area contributed by atoms with E-state index in [1.54, 1.807) is 13.0 Å². The van der Waals surface area contributed by atoms with Crippen LogP contribution in [0.15, 0.2) is 30.5 Å². The van der Waals surface area contributed by atoms with E-state index >= 15 is 0 Å². The fourth-order valence-electron chi connectivity index (χ4n) is 5.20. The number of halogens is 4. The molecule has 33 heavy (non-hydrogen) atoms. The molecule has 2 aromatic heterocycles. The lowest BCUT2D eigenvalue weighted by Crippen LogP contribution is -2.60. The molecule has 0 radical (unpaired) electrons. The second kappa shape index (κ2) is 9.62. The van der Waals surface area contributed by atoms with E-state index in [0.717, 1.165) is 33.9 Å². The van der Waals surface area contributed by atoms with Gasteiger partial charge in [-0.1, -0.05) is 13.0 Å². The maximum absolute atomic E-state index is 14.6. The number of rotatable bonds is 9. The van der Waals surface area contributed by atoms with Crippen molar-refractivity contribution in [2.75, 3.05) is 19.7 Å². The van der Waals surface area contributed by atoms with Crippen LogP contribution in [0.4, 0.5) is 17.6 Å². The first kappa shape index (κ1) is 26.1. The zero-order valence-electron chi connectivity index (χ0n) is 20.1. The van der Waals surface area contributed by atoms with Gasteiger partial charge in [0.1, 0.15) is 0 Å². The first-order chi connectivity index (χ1) is 15.4. The normalized spacial score (nSPS) is 23.4. The molecule has 0 spiro atoms. The van der Waals surface area contributed by atoms with Gasteiger partial charge >= 0.3 is 6.18 Å². The fourth-order valence-corrected chi connectivity index (χ4v) is 5.92. The van der Waals surface area contributed by atoms with Gasteiger partial charge in [-0.25, -0.2) is 0 Å². The summed E-state index contributed by atoms with van der Waals surface area (Å²) in [7, 11) is 0. The summed E-state index contributed by atoms with van der Waals surface area (Å²) in [5.74, 6) is 0. The van der Waals surface area contributed by atoms with Gasteiger partial charge < -0.3 is 4.74 Å². The van der Waals surface area contributed by atoms with Gasteiger partial charge in [-0.15, -0.1) is 11.3 Å². The highest BCUT2D eigenvalue weighted by Crippen LogP contribution is 2.55. The minimum atomic E-state index is -4.53. The molecule has 1 fully saturated rings. The molecular formula is C25H34F4N2OS. The molecule has 2 aromatic rings. The molecule has 3 unspecified atom stereocenters. The summed E-state index contributed by atoms with van der Waals surface area (Å²) in [5.41, 5.74) is -2.01. The number of aromatic nitrogens is 1. The second-order valence-corrected chi connectivity index (χ2v) is 10.6. The lowest BCUT2D eigenvalue weighted by molar-refractivity contribution is -0.311. The van der Waals surface area contributed by atoms with Crippen LogP contribution in [-0.2, 0) is 16.7 Å². The molecule has 3 nitrogen and oxygen atoms in total. The average molecular weight is 487 g/mol. The molecular weight excluding hydrogens is 452 g/mol. The Balaban J connectivity index is 2.00. The standard InChI is InChI=1S/C25H34F4N2OS/c1-6-22(4,19-9-8-18(3)30-16-19)31-15-14-24(17-31,13-12-20-10-11-21(26)33-20)23(5,32-7-2)25(27,28)29/h8-11,16H,6-7,12-15,17H2,1-5H3. The van der Waals surface area contributed by atoms with Gasteiger partial charge in [0, 0.05) is 40.9 Å². The predicted molar refractivity (Wildman–Crippen MR) is 124 cm³/mol. The average Bonchev–Trinajstić information content (AvgIpc) is 3.39. The topological polar surface area (TPSA) is 25.4 Å². The number of thiophene rings is 1. The van der Waals surface area contributed by atoms with Crippen molar-refractivity contribution >= 4 is 11.3 Å². The van der Waals surface area contributed by atoms with Gasteiger partial charge in [-0.3, -0.25) is 9.88 Å². The summed E-state index contributed by atoms with van der Waals surface area (Å²) >= 11 is 1.000. The Bertz CT molecular complexity index is 931. The summed E-state index contributed by atoms with van der Waals surface area (Å²) in [6.45, 7) is 9.59. The van der Waals surface area contributed by atoms with Crippen LogP contribution in [0.2, 0.25) is 0 Å². The number of ether oxygens (including phenoxy) is 1. The summed E-state index contributed by atoms with van der Waals surface area (Å²) in [6.07, 6.45) is -0.957. The number of hydrogen-bond donors (Lipinski definition) is 0. The van der Waals surface area contributed by atoms with Gasteiger partial charge in [0.15, 0.2) is 10.7 Å². The number of hydrogen-bond acceptors (Lipinski definition) is 4. The van der Waals surface area contributed by atoms with Crippen molar-refractivity contribution in [2.24, 2.45) is 5.41 Å². The van der Waals surface area contributed by atoms with E-state index in [1.807, 2.05) is 25.3 Å². The third kappa shape index (κ3) is 4.84. The van der Waals surface area contributed by atoms with Crippen LogP contribution in [0.1, 0.15) is 63.1 Å². The summed E-state index contributed by atoms with van der Waals surface area (Å²) < 4.78 is 62.8. The van der Waals surface area contributed by atoms with Crippen LogP contribution in [-0.4, -0.2) is 41.4 Å². The molecule has 0 aromatic carbocycles. The van der Waals surface area contributed by atoms with E-state index in [4.69, 9.17) is 4.74 Å². The highest BCUT2D eigenvalue weighted by atomic mass is 32.1. The molecule has 184 valence electrons. The number of aryl methyl sites for hydroxylation is 2. The van der Waals surface area contributed by atoms with Gasteiger partial charge in [-0.05, 0) is 83.7 Å². The summed E-state index contributed by atoms with van der Waals surface area (Å²) in [6, 6.07) is 7.00. The number of nitrogens with zero attached hydrogens (tertiary/aromatic N) is 2. The van der Waals surface area contributed by atoms with Crippen molar-refractivity contribution in [3.63, 3.8) is 0 Å². The third-order valence-electron chi connectivity index (χ3n) is 7.74. The van der Waals surface area contributed by atoms with E-state index in [-0.39, 0.29) is 24.7 Å². The van der Waals surface area contributed by atoms with Crippen molar-refractivity contribution < 1.29 is 22.3 Å². The summed E-state index contributed by atoms with van der Waals surface area (Å²) in [5, 5.41) is -0.319. The van der Waals surface area contributed by atoms with Crippen LogP contribution in [0.25, 0.3) is 0 Å². The molecule has 0 bridgehead atoms. The van der Waals surface area contributed by atoms with Crippen LogP contribution in [0.3, 0.4) is 0 Å². The largest absolute Gasteiger partial charge is 0.417 e. The van der Waals surface area contributed by atoms with E-state index in [9.17, 15) is 17.6 Å². The molecule has 3 heterocycles. The molecule has 0 aliphatic carbocycles. The molecule has 0 N–H and O–H groups in total. The predicted octanol–water partition coefficient (Wildman–Crippen LogP) is 6.90. The van der Waals surface area contributed by atoms with Crippen molar-refractivity contribution in [2.45, 2.75) is 77.6 Å². The minimum Gasteiger partial charge on any atom is -0.365 e. The Morgan fingerprint density at radius 2 is 1.88 bits per heavy atom. The van der Waals surface area contributed by atoms with Crippen LogP contribution in [0, 0.1) is 17.5 Å². The summed E-state index contributed by atoms with van der Waals surface area (Å²) in [4.78, 5) is 7.35. The molecule has 1 aliphatic heterocycles. The van der Waals surface area contributed by atoms with Crippen molar-refractivity contribution in [3.8, 4) is 0 Å². The minimum absolute atomic E-state index is 0.0294. The first-order valence-electron chi connectivity index (χ1n) is 11.5. The van der Waals surface area contributed by atoms with Crippen LogP contribution >= 0.6 is 11.3 Å². The zero-order valence-corrected chi connectivity index (χ0v) is 20.9. The van der Waals surface area contributed by atoms with Gasteiger partial charge in [0.05, 0.1) is 0 Å². The Morgan fingerprint density at radius 1 is 1.15 bits per heavy atom. The molecule has 8 heteroatoms. The van der Waals surface area contributed by atoms with Crippen molar-refractivity contribution in [1.29, 1.82) is 0 Å². The van der Waals surface area contributed by atoms with E-state index in [0.29, 0.717) is 19.4 Å². The molecule has 3 atom stereocenters. The number of likely N-dealkylation sites (tertiary alicyclic amines) is 1. The second-order valence-electron chi connectivity index (χ2n) is 9.44. The van der Waals surface area contributed by atoms with Gasteiger partial charge in [0.25, 0.3) is 0 Å². The quantitative estimate of drug-likeness (QED) is 0.361. The Hall–Kier alpha value is -1.51. The van der Waals surface area contributed by atoms with Crippen LogP contribution in [0.5, 0.6) is 0 Å². The highest BCUT2D eigenvalue weighted by Gasteiger charge is 2.66. The first-order valence-corrected chi connectivity index (χ1v) is 12.4. The number of alkyl halides is 3. The van der Waals surface area contributed by atoms with E-state index in [2.05, 4.69) is 23.7 Å². The third-order valence-corrected chi connectivity index (χ3v) is 8.67. The molecule has 1 saturated heterocycles. The van der Waals surface area contributed by atoms with Crippen LogP contribution < -0.4 is 0 Å². The Kier molecular flexibility index (Phi) is 7.61. The lowest BCUT2D eigenvalue weighted by Gasteiger charge is -2.48. The van der Waals surface area contributed by atoms with E-state index < -0.39 is 22.7 Å². The molecule has 1 aliphatic rings. The smallest absolute Gasteiger partial charge is 0.365 e. The maximum atomic E-state index is 14.6.